The molecule has 0 atom stereocenters. The van der Waals surface area contributed by atoms with E-state index in [2.05, 4.69) is 21.2 Å². The van der Waals surface area contributed by atoms with Gasteiger partial charge in [0, 0.05) is 18.5 Å². The van der Waals surface area contributed by atoms with E-state index in [4.69, 9.17) is 26.4 Å². The van der Waals surface area contributed by atoms with Crippen molar-refractivity contribution in [3.05, 3.63) is 0 Å². The smallest absolute Gasteiger partial charge is 0.306 e. The molecule has 0 aromatic heterocycles. The van der Waals surface area contributed by atoms with E-state index in [1.165, 1.54) is 0 Å². The maximum Gasteiger partial charge on any atom is 0.306 e. The number of alkyl halides is 1. The van der Waals surface area contributed by atoms with Crippen LogP contribution in [-0.2, 0) is 23.9 Å². The molecule has 7 N–H and O–H groups in total. The van der Waals surface area contributed by atoms with Crippen LogP contribution >= 0.6 is 15.9 Å². The number of nitrogens with two attached hydrogens (primary N) is 2. The monoisotopic (exact) mass is 623 g/mol. The zero-order chi connectivity index (χ0) is 28.3. The van der Waals surface area contributed by atoms with E-state index in [9.17, 15) is 19.2 Å². The number of rotatable bonds is 10. The van der Waals surface area contributed by atoms with Gasteiger partial charge in [0.15, 0.2) is 0 Å². The van der Waals surface area contributed by atoms with Crippen LogP contribution < -0.4 is 16.8 Å². The van der Waals surface area contributed by atoms with Gasteiger partial charge in [0.25, 0.3) is 0 Å². The molecule has 39 heavy (non-hydrogen) atoms. The number of nitrogens with one attached hydrogen (secondary N) is 1. The highest BCUT2D eigenvalue weighted by molar-refractivity contribution is 9.09. The summed E-state index contributed by atoms with van der Waals surface area (Å²) in [6.45, 7) is 5.89. The van der Waals surface area contributed by atoms with Crippen LogP contribution in [0.1, 0.15) is 113 Å². The van der Waals surface area contributed by atoms with Crippen molar-refractivity contribution in [2.75, 3.05) is 11.9 Å². The standard InChI is InChI=1S/C15H27NO4.C11H19BrN2O3.2CH4/c1-14(2,3)20-13(19)6-9-15(10-12(17)18)7-4-11(16)5-8-15;12-6-9(15)14-8-1-3-11(7-13,4-2-8)5-10(16)17;;/h11H,4-10,16H2,1-3H3,(H,17,18);8H,1-7,13H2,(H,14,15)(H,16,17);2*1H4. The quantitative estimate of drug-likeness (QED) is 0.171. The Balaban J connectivity index is 0. The highest BCUT2D eigenvalue weighted by Gasteiger charge is 2.38. The second kappa shape index (κ2) is 17.9. The number of hydrogen-bond acceptors (Lipinski definition) is 7. The molecular formula is C28H54BrN3O7. The average molecular weight is 625 g/mol. The largest absolute Gasteiger partial charge is 0.481 e. The lowest BCUT2D eigenvalue weighted by molar-refractivity contribution is -0.156. The number of ether oxygens (including phenoxy) is 1. The number of carbonyl (C=O) groups excluding carboxylic acids is 2. The van der Waals surface area contributed by atoms with Crippen LogP contribution in [0.2, 0.25) is 0 Å². The zero-order valence-electron chi connectivity index (χ0n) is 22.5. The van der Waals surface area contributed by atoms with Crippen LogP contribution in [0.5, 0.6) is 0 Å². The van der Waals surface area contributed by atoms with Gasteiger partial charge < -0.3 is 31.7 Å². The molecule has 0 heterocycles. The van der Waals surface area contributed by atoms with Gasteiger partial charge in [-0.2, -0.15) is 0 Å². The van der Waals surface area contributed by atoms with Gasteiger partial charge in [-0.1, -0.05) is 30.8 Å². The Morgan fingerprint density at radius 1 is 0.923 bits per heavy atom. The Bertz CT molecular complexity index is 770. The number of halogens is 1. The predicted molar refractivity (Wildman–Crippen MR) is 158 cm³/mol. The van der Waals surface area contributed by atoms with Crippen molar-refractivity contribution >= 4 is 39.7 Å². The number of carboxylic acids is 2. The lowest BCUT2D eigenvalue weighted by atomic mass is 9.68. The molecular weight excluding hydrogens is 570 g/mol. The molecule has 0 radical (unpaired) electrons. The molecule has 0 aromatic rings. The normalized spacial score (nSPS) is 26.4. The van der Waals surface area contributed by atoms with Gasteiger partial charge in [-0.3, -0.25) is 19.2 Å². The minimum absolute atomic E-state index is 0. The number of hydrogen-bond donors (Lipinski definition) is 5. The highest BCUT2D eigenvalue weighted by atomic mass is 79.9. The summed E-state index contributed by atoms with van der Waals surface area (Å²) in [5.41, 5.74) is 10.5. The topological polar surface area (TPSA) is 182 Å². The molecule has 1 amide bonds. The van der Waals surface area contributed by atoms with Gasteiger partial charge in [0.1, 0.15) is 5.60 Å². The molecule has 230 valence electrons. The van der Waals surface area contributed by atoms with E-state index in [0.29, 0.717) is 18.3 Å². The minimum Gasteiger partial charge on any atom is -0.481 e. The molecule has 0 bridgehead atoms. The lowest BCUT2D eigenvalue weighted by Crippen LogP contribution is -2.44. The Morgan fingerprint density at radius 2 is 1.38 bits per heavy atom. The SMILES string of the molecule is C.C.CC(C)(C)OC(=O)CCC1(CC(=O)O)CCC(N)CC1.NCC1(CC(=O)O)CCC(NC(=O)CBr)CC1. The number of esters is 1. The molecule has 0 saturated heterocycles. The zero-order valence-corrected chi connectivity index (χ0v) is 24.1. The van der Waals surface area contributed by atoms with Crippen molar-refractivity contribution in [3.63, 3.8) is 0 Å². The summed E-state index contributed by atoms with van der Waals surface area (Å²) >= 11 is 3.10. The summed E-state index contributed by atoms with van der Waals surface area (Å²) in [5, 5.41) is 21.2. The van der Waals surface area contributed by atoms with Gasteiger partial charge in [-0.05, 0) is 95.9 Å². The van der Waals surface area contributed by atoms with Gasteiger partial charge in [-0.15, -0.1) is 0 Å². The van der Waals surface area contributed by atoms with Crippen LogP contribution in [0.15, 0.2) is 0 Å². The van der Waals surface area contributed by atoms with Crippen LogP contribution in [0, 0.1) is 10.8 Å². The first kappa shape index (κ1) is 39.4. The molecule has 2 aliphatic carbocycles. The first-order valence-corrected chi connectivity index (χ1v) is 14.2. The van der Waals surface area contributed by atoms with Crippen LogP contribution in [-0.4, -0.2) is 63.6 Å². The summed E-state index contributed by atoms with van der Waals surface area (Å²) in [7, 11) is 0. The fourth-order valence-electron chi connectivity index (χ4n) is 5.26. The number of amides is 1. The van der Waals surface area contributed by atoms with E-state index in [0.717, 1.165) is 51.4 Å². The fraction of sp³-hybridized carbons (Fsp3) is 0.857. The van der Waals surface area contributed by atoms with Crippen LogP contribution in [0.25, 0.3) is 0 Å². The van der Waals surface area contributed by atoms with Gasteiger partial charge in [0.2, 0.25) is 5.91 Å². The maximum absolute atomic E-state index is 11.8. The number of aliphatic carboxylic acids is 2. The third kappa shape index (κ3) is 15.6. The molecule has 2 aliphatic rings. The third-order valence-corrected chi connectivity index (χ3v) is 7.90. The van der Waals surface area contributed by atoms with E-state index >= 15 is 0 Å². The van der Waals surface area contributed by atoms with Crippen molar-refractivity contribution in [2.24, 2.45) is 22.3 Å². The van der Waals surface area contributed by atoms with E-state index in [1.54, 1.807) is 0 Å². The van der Waals surface area contributed by atoms with Crippen LogP contribution in [0.4, 0.5) is 0 Å². The predicted octanol–water partition coefficient (Wildman–Crippen LogP) is 4.60. The molecule has 0 aliphatic heterocycles. The summed E-state index contributed by atoms with van der Waals surface area (Å²) < 4.78 is 5.29. The minimum atomic E-state index is -0.801. The van der Waals surface area contributed by atoms with Gasteiger partial charge in [0.05, 0.1) is 18.2 Å². The summed E-state index contributed by atoms with van der Waals surface area (Å²) in [6.07, 6.45) is 7.47. The Labute approximate surface area is 243 Å². The summed E-state index contributed by atoms with van der Waals surface area (Å²) in [6, 6.07) is 0.326. The second-order valence-corrected chi connectivity index (χ2v) is 12.3. The van der Waals surface area contributed by atoms with Crippen molar-refractivity contribution in [1.82, 2.24) is 5.32 Å². The van der Waals surface area contributed by atoms with Gasteiger partial charge >= 0.3 is 17.9 Å². The lowest BCUT2D eigenvalue weighted by Gasteiger charge is -2.38. The average Bonchev–Trinajstić information content (AvgIpc) is 2.79. The maximum atomic E-state index is 11.8. The van der Waals surface area contributed by atoms with E-state index in [1.807, 2.05) is 20.8 Å². The Hall–Kier alpha value is -1.72. The number of carbonyl (C=O) groups is 4. The fourth-order valence-corrected chi connectivity index (χ4v) is 5.42. The summed E-state index contributed by atoms with van der Waals surface area (Å²) in [4.78, 5) is 44.9. The Morgan fingerprint density at radius 3 is 1.79 bits per heavy atom. The van der Waals surface area contributed by atoms with E-state index < -0.39 is 17.5 Å². The molecule has 0 spiro atoms. The van der Waals surface area contributed by atoms with Gasteiger partial charge in [-0.25, -0.2) is 0 Å². The Kier molecular flexibility index (Phi) is 18.1. The first-order valence-electron chi connectivity index (χ1n) is 13.1. The molecule has 11 heteroatoms. The molecule has 2 rings (SSSR count). The van der Waals surface area contributed by atoms with E-state index in [-0.39, 0.29) is 68.9 Å². The van der Waals surface area contributed by atoms with Crippen molar-refractivity contribution < 1.29 is 34.1 Å². The van der Waals surface area contributed by atoms with Crippen molar-refractivity contribution in [2.45, 2.75) is 130 Å². The molecule has 0 unspecified atom stereocenters. The molecule has 2 fully saturated rings. The van der Waals surface area contributed by atoms with Crippen molar-refractivity contribution in [3.8, 4) is 0 Å². The molecule has 10 nitrogen and oxygen atoms in total. The second-order valence-electron chi connectivity index (χ2n) is 11.7. The number of carboxylic acid groups (broad SMARTS) is 2. The van der Waals surface area contributed by atoms with Crippen molar-refractivity contribution in [1.29, 1.82) is 0 Å². The third-order valence-electron chi connectivity index (χ3n) is 7.39. The summed E-state index contributed by atoms with van der Waals surface area (Å²) in [5.74, 6) is -1.87. The molecule has 0 aromatic carbocycles. The highest BCUT2D eigenvalue weighted by Crippen LogP contribution is 2.43. The first-order chi connectivity index (χ1) is 17.1. The van der Waals surface area contributed by atoms with Crippen LogP contribution in [0.3, 0.4) is 0 Å². The molecule has 2 saturated carbocycles.